The van der Waals surface area contributed by atoms with Crippen molar-refractivity contribution < 1.29 is 4.79 Å². The first-order valence-corrected chi connectivity index (χ1v) is 12.1. The van der Waals surface area contributed by atoms with Gasteiger partial charge in [-0.25, -0.2) is 4.98 Å². The summed E-state index contributed by atoms with van der Waals surface area (Å²) in [6.07, 6.45) is 3.53. The monoisotopic (exact) mass is 465 g/mol. The Morgan fingerprint density at radius 1 is 0.829 bits per heavy atom. The van der Waals surface area contributed by atoms with Crippen LogP contribution < -0.4 is 15.8 Å². The Morgan fingerprint density at radius 2 is 1.54 bits per heavy atom. The molecule has 3 heterocycles. The molecule has 0 saturated carbocycles. The SMILES string of the molecule is O=C1Nc2ccccc2N(CCN2CCC(n3cnc4ccccc4c3=O)CC2)c2ccccc21. The molecule has 1 N–H and O–H groups in total. The molecule has 3 aromatic carbocycles. The predicted molar refractivity (Wildman–Crippen MR) is 139 cm³/mol. The third kappa shape index (κ3) is 3.98. The zero-order valence-electron chi connectivity index (χ0n) is 19.4. The quantitative estimate of drug-likeness (QED) is 0.483. The highest BCUT2D eigenvalue weighted by molar-refractivity contribution is 6.12. The summed E-state index contributed by atoms with van der Waals surface area (Å²) in [6, 6.07) is 23.4. The summed E-state index contributed by atoms with van der Waals surface area (Å²) in [6.45, 7) is 3.47. The van der Waals surface area contributed by atoms with Crippen LogP contribution >= 0.6 is 0 Å². The van der Waals surface area contributed by atoms with Crippen molar-refractivity contribution >= 4 is 33.9 Å². The van der Waals surface area contributed by atoms with Gasteiger partial charge in [0.25, 0.3) is 11.5 Å². The van der Waals surface area contributed by atoms with Crippen LogP contribution in [0.15, 0.2) is 83.9 Å². The van der Waals surface area contributed by atoms with Crippen molar-refractivity contribution in [1.29, 1.82) is 0 Å². The normalized spacial score (nSPS) is 16.5. The number of fused-ring (bicyclic) bond motifs is 3. The molecule has 35 heavy (non-hydrogen) atoms. The van der Waals surface area contributed by atoms with E-state index in [4.69, 9.17) is 0 Å². The fraction of sp³-hybridized carbons (Fsp3) is 0.250. The molecule has 7 heteroatoms. The summed E-state index contributed by atoms with van der Waals surface area (Å²) < 4.78 is 1.82. The van der Waals surface area contributed by atoms with E-state index in [1.807, 2.05) is 71.3 Å². The van der Waals surface area contributed by atoms with Crippen LogP contribution in [-0.2, 0) is 0 Å². The lowest BCUT2D eigenvalue weighted by atomic mass is 10.0. The number of nitrogens with one attached hydrogen (secondary N) is 1. The summed E-state index contributed by atoms with van der Waals surface area (Å²) >= 11 is 0. The fourth-order valence-electron chi connectivity index (χ4n) is 5.28. The number of likely N-dealkylation sites (tertiary alicyclic amines) is 1. The van der Waals surface area contributed by atoms with E-state index in [2.05, 4.69) is 26.2 Å². The van der Waals surface area contributed by atoms with Crippen molar-refractivity contribution in [3.8, 4) is 0 Å². The summed E-state index contributed by atoms with van der Waals surface area (Å²) in [5.41, 5.74) is 4.25. The molecule has 2 aliphatic heterocycles. The number of para-hydroxylation sites is 4. The Balaban J connectivity index is 1.18. The molecule has 1 aromatic heterocycles. The van der Waals surface area contributed by atoms with Crippen molar-refractivity contribution in [2.75, 3.05) is 36.4 Å². The first kappa shape index (κ1) is 21.6. The van der Waals surface area contributed by atoms with Crippen molar-refractivity contribution in [2.24, 2.45) is 0 Å². The van der Waals surface area contributed by atoms with Crippen LogP contribution in [0.2, 0.25) is 0 Å². The zero-order valence-corrected chi connectivity index (χ0v) is 19.4. The number of hydrogen-bond donors (Lipinski definition) is 1. The van der Waals surface area contributed by atoms with Crippen LogP contribution in [0.1, 0.15) is 29.2 Å². The van der Waals surface area contributed by atoms with E-state index in [0.717, 1.165) is 61.6 Å². The Kier molecular flexibility index (Phi) is 5.54. The van der Waals surface area contributed by atoms with Crippen molar-refractivity contribution in [1.82, 2.24) is 14.5 Å². The van der Waals surface area contributed by atoms with Gasteiger partial charge in [0.05, 0.1) is 39.9 Å². The van der Waals surface area contributed by atoms with E-state index in [1.54, 1.807) is 6.33 Å². The highest BCUT2D eigenvalue weighted by atomic mass is 16.1. The maximum Gasteiger partial charge on any atom is 0.261 e. The number of carbonyl (C=O) groups is 1. The number of hydrogen-bond acceptors (Lipinski definition) is 5. The number of carbonyl (C=O) groups excluding carboxylic acids is 1. The van der Waals surface area contributed by atoms with E-state index in [9.17, 15) is 9.59 Å². The summed E-state index contributed by atoms with van der Waals surface area (Å²) in [5, 5.41) is 3.74. The van der Waals surface area contributed by atoms with E-state index in [-0.39, 0.29) is 17.5 Å². The molecular formula is C28H27N5O2. The molecule has 6 rings (SSSR count). The highest BCUT2D eigenvalue weighted by Gasteiger charge is 2.26. The van der Waals surface area contributed by atoms with Crippen LogP contribution in [0.5, 0.6) is 0 Å². The third-order valence-electron chi connectivity index (χ3n) is 7.16. The van der Waals surface area contributed by atoms with Gasteiger partial charge in [0, 0.05) is 32.2 Å². The number of piperidine rings is 1. The van der Waals surface area contributed by atoms with Crippen molar-refractivity contribution in [2.45, 2.75) is 18.9 Å². The average Bonchev–Trinajstić information content (AvgIpc) is 3.02. The summed E-state index contributed by atoms with van der Waals surface area (Å²) in [5.74, 6) is -0.0780. The van der Waals surface area contributed by atoms with Crippen molar-refractivity contribution in [3.05, 3.63) is 95.0 Å². The van der Waals surface area contributed by atoms with Crippen LogP contribution in [0.3, 0.4) is 0 Å². The van der Waals surface area contributed by atoms with Crippen LogP contribution in [0, 0.1) is 0 Å². The van der Waals surface area contributed by atoms with Crippen LogP contribution in [0.25, 0.3) is 10.9 Å². The Hall–Kier alpha value is -3.97. The average molecular weight is 466 g/mol. The highest BCUT2D eigenvalue weighted by Crippen LogP contribution is 2.37. The second-order valence-electron chi connectivity index (χ2n) is 9.19. The molecule has 4 aromatic rings. The standard InChI is InChI=1S/C28H27N5O2/c34-27-22-8-2-5-11-25(22)32(26-12-6-4-10-24(26)30-27)18-17-31-15-13-20(14-16-31)33-19-29-23-9-3-1-7-21(23)28(33)35/h1-12,19-20H,13-18H2,(H,30,34). The zero-order chi connectivity index (χ0) is 23.8. The lowest BCUT2D eigenvalue weighted by molar-refractivity contribution is 0.102. The van der Waals surface area contributed by atoms with Crippen molar-refractivity contribution in [3.63, 3.8) is 0 Å². The van der Waals surface area contributed by atoms with E-state index in [0.29, 0.717) is 10.9 Å². The molecule has 0 aliphatic carbocycles. The molecule has 0 spiro atoms. The topological polar surface area (TPSA) is 70.5 Å². The van der Waals surface area contributed by atoms with Gasteiger partial charge in [-0.2, -0.15) is 0 Å². The molecule has 0 radical (unpaired) electrons. The minimum absolute atomic E-state index is 0.0454. The van der Waals surface area contributed by atoms with Gasteiger partial charge in [0.1, 0.15) is 0 Å². The Labute approximate surface area is 203 Å². The first-order chi connectivity index (χ1) is 17.2. The fourth-order valence-corrected chi connectivity index (χ4v) is 5.28. The number of anilines is 3. The predicted octanol–water partition coefficient (Wildman–Crippen LogP) is 4.44. The Bertz CT molecular complexity index is 1460. The van der Waals surface area contributed by atoms with Gasteiger partial charge in [-0.3, -0.25) is 14.2 Å². The second-order valence-corrected chi connectivity index (χ2v) is 9.19. The lowest BCUT2D eigenvalue weighted by Gasteiger charge is -2.35. The number of rotatable bonds is 4. The molecule has 176 valence electrons. The van der Waals surface area contributed by atoms with Gasteiger partial charge < -0.3 is 15.1 Å². The van der Waals surface area contributed by atoms with Gasteiger partial charge >= 0.3 is 0 Å². The lowest BCUT2D eigenvalue weighted by Crippen LogP contribution is -2.40. The van der Waals surface area contributed by atoms with E-state index < -0.39 is 0 Å². The van der Waals surface area contributed by atoms with E-state index in [1.165, 1.54) is 0 Å². The molecule has 7 nitrogen and oxygen atoms in total. The maximum atomic E-state index is 13.0. The van der Waals surface area contributed by atoms with Gasteiger partial charge in [-0.15, -0.1) is 0 Å². The molecule has 1 fully saturated rings. The molecule has 1 amide bonds. The van der Waals surface area contributed by atoms with E-state index >= 15 is 0 Å². The van der Waals surface area contributed by atoms with Gasteiger partial charge in [0.2, 0.25) is 0 Å². The minimum atomic E-state index is -0.0780. The van der Waals surface area contributed by atoms with Gasteiger partial charge in [0.15, 0.2) is 0 Å². The van der Waals surface area contributed by atoms with Gasteiger partial charge in [-0.1, -0.05) is 36.4 Å². The smallest absolute Gasteiger partial charge is 0.261 e. The molecule has 1 saturated heterocycles. The molecule has 2 aliphatic rings. The van der Waals surface area contributed by atoms with Crippen LogP contribution in [-0.4, -0.2) is 46.5 Å². The Morgan fingerprint density at radius 3 is 2.40 bits per heavy atom. The number of nitrogens with zero attached hydrogens (tertiary/aromatic N) is 4. The first-order valence-electron chi connectivity index (χ1n) is 12.1. The largest absolute Gasteiger partial charge is 0.338 e. The molecular weight excluding hydrogens is 438 g/mol. The number of benzene rings is 3. The second kappa shape index (κ2) is 9.00. The molecule has 0 atom stereocenters. The third-order valence-corrected chi connectivity index (χ3v) is 7.16. The minimum Gasteiger partial charge on any atom is -0.338 e. The number of amides is 1. The summed E-state index contributed by atoms with van der Waals surface area (Å²) in [7, 11) is 0. The maximum absolute atomic E-state index is 13.0. The summed E-state index contributed by atoms with van der Waals surface area (Å²) in [4.78, 5) is 35.0. The molecule has 0 bridgehead atoms. The van der Waals surface area contributed by atoms with Gasteiger partial charge in [-0.05, 0) is 49.2 Å². The number of aromatic nitrogens is 2. The molecule has 0 unspecified atom stereocenters. The van der Waals surface area contributed by atoms with Crippen LogP contribution in [0.4, 0.5) is 17.1 Å².